The molecule has 9 heteroatoms. The molecule has 0 aliphatic heterocycles. The first-order chi connectivity index (χ1) is 14.1. The van der Waals surface area contributed by atoms with Gasteiger partial charge in [-0.05, 0) is 30.3 Å². The van der Waals surface area contributed by atoms with E-state index in [1.807, 2.05) is 24.3 Å². The molecule has 0 aliphatic carbocycles. The number of hydrogen-bond acceptors (Lipinski definition) is 6. The summed E-state index contributed by atoms with van der Waals surface area (Å²) in [6, 6.07) is 12.5. The number of methoxy groups -OCH3 is 1. The Hall–Kier alpha value is -4.01. The Kier molecular flexibility index (Phi) is 4.78. The third-order valence-electron chi connectivity index (χ3n) is 4.36. The van der Waals surface area contributed by atoms with Crippen LogP contribution in [0.25, 0.3) is 16.7 Å². The van der Waals surface area contributed by atoms with Crippen LogP contribution in [-0.4, -0.2) is 26.6 Å². The van der Waals surface area contributed by atoms with Gasteiger partial charge < -0.3 is 10.1 Å². The van der Waals surface area contributed by atoms with E-state index in [9.17, 15) is 14.0 Å². The Bertz CT molecular complexity index is 1300. The number of aromatic amines is 1. The first-order valence-electron chi connectivity index (χ1n) is 8.70. The minimum absolute atomic E-state index is 0.107. The fraction of sp³-hybridized carbons (Fsp3) is 0.100. The van der Waals surface area contributed by atoms with E-state index in [4.69, 9.17) is 4.74 Å². The molecule has 29 heavy (non-hydrogen) atoms. The molecule has 2 heterocycles. The van der Waals surface area contributed by atoms with Gasteiger partial charge in [-0.3, -0.25) is 9.78 Å². The maximum absolute atomic E-state index is 13.1. The molecule has 8 nitrogen and oxygen atoms in total. The maximum atomic E-state index is 13.1. The molecule has 0 bridgehead atoms. The van der Waals surface area contributed by atoms with Crippen LogP contribution in [0.2, 0.25) is 0 Å². The summed E-state index contributed by atoms with van der Waals surface area (Å²) in [5.41, 5.74) is -0.0112. The Labute approximate surface area is 163 Å². The number of rotatable bonds is 5. The van der Waals surface area contributed by atoms with Gasteiger partial charge in [0.1, 0.15) is 17.0 Å². The molecule has 0 atom stereocenters. The van der Waals surface area contributed by atoms with Crippen LogP contribution in [0.3, 0.4) is 0 Å². The van der Waals surface area contributed by atoms with Crippen molar-refractivity contribution < 1.29 is 9.13 Å². The van der Waals surface area contributed by atoms with Gasteiger partial charge in [-0.1, -0.05) is 18.2 Å². The van der Waals surface area contributed by atoms with Gasteiger partial charge in [0, 0.05) is 18.3 Å². The number of para-hydroxylation sites is 1. The van der Waals surface area contributed by atoms with E-state index < -0.39 is 17.1 Å². The molecule has 0 aliphatic rings. The number of nitrogens with zero attached hydrogens (tertiary/aromatic N) is 3. The lowest BCUT2D eigenvalue weighted by atomic mass is 10.2. The lowest BCUT2D eigenvalue weighted by Crippen LogP contribution is -2.34. The average Bonchev–Trinajstić information content (AvgIpc) is 2.73. The van der Waals surface area contributed by atoms with E-state index in [1.165, 1.54) is 30.5 Å². The summed E-state index contributed by atoms with van der Waals surface area (Å²) < 4.78 is 19.3. The molecule has 0 saturated heterocycles. The first kappa shape index (κ1) is 18.4. The fourth-order valence-electron chi connectivity index (χ4n) is 2.94. The Morgan fingerprint density at radius 3 is 2.66 bits per heavy atom. The summed E-state index contributed by atoms with van der Waals surface area (Å²) >= 11 is 0. The highest BCUT2D eigenvalue weighted by atomic mass is 19.1. The highest BCUT2D eigenvalue weighted by Gasteiger charge is 2.12. The molecule has 0 amide bonds. The molecule has 0 fully saturated rings. The van der Waals surface area contributed by atoms with Crippen molar-refractivity contribution in [2.75, 3.05) is 12.4 Å². The highest BCUT2D eigenvalue weighted by molar-refractivity contribution is 5.73. The van der Waals surface area contributed by atoms with E-state index >= 15 is 0 Å². The zero-order chi connectivity index (χ0) is 20.4. The molecule has 4 rings (SSSR count). The molecular weight excluding hydrogens is 377 g/mol. The van der Waals surface area contributed by atoms with Gasteiger partial charge in [-0.15, -0.1) is 0 Å². The van der Waals surface area contributed by atoms with Crippen molar-refractivity contribution in [3.8, 4) is 11.4 Å². The second-order valence-corrected chi connectivity index (χ2v) is 6.17. The number of hydrogen-bond donors (Lipinski definition) is 2. The van der Waals surface area contributed by atoms with Gasteiger partial charge in [-0.25, -0.2) is 18.7 Å². The van der Waals surface area contributed by atoms with Crippen molar-refractivity contribution in [2.45, 2.75) is 6.54 Å². The molecule has 4 aromatic rings. The van der Waals surface area contributed by atoms with Crippen LogP contribution in [0.15, 0.2) is 64.3 Å². The molecule has 0 saturated carbocycles. The number of ether oxygens (including phenoxy) is 1. The third kappa shape index (κ3) is 3.57. The van der Waals surface area contributed by atoms with E-state index in [0.717, 1.165) is 15.9 Å². The summed E-state index contributed by atoms with van der Waals surface area (Å²) in [6.45, 7) is 0.395. The number of aromatic nitrogens is 4. The van der Waals surface area contributed by atoms with Gasteiger partial charge >= 0.3 is 5.69 Å². The van der Waals surface area contributed by atoms with E-state index in [1.54, 1.807) is 7.11 Å². The third-order valence-corrected chi connectivity index (χ3v) is 4.36. The van der Waals surface area contributed by atoms with Crippen molar-refractivity contribution >= 4 is 17.0 Å². The lowest BCUT2D eigenvalue weighted by Gasteiger charge is -2.10. The number of fused-ring (bicyclic) bond motifs is 1. The smallest absolute Gasteiger partial charge is 0.334 e. The summed E-state index contributed by atoms with van der Waals surface area (Å²) in [6.07, 6.45) is 1.34. The average molecular weight is 393 g/mol. The largest absolute Gasteiger partial charge is 0.496 e. The van der Waals surface area contributed by atoms with Crippen LogP contribution in [-0.2, 0) is 6.54 Å². The van der Waals surface area contributed by atoms with E-state index in [0.29, 0.717) is 6.54 Å². The Morgan fingerprint density at radius 1 is 1.14 bits per heavy atom. The predicted octanol–water partition coefficient (Wildman–Crippen LogP) is 2.23. The summed E-state index contributed by atoms with van der Waals surface area (Å²) in [5, 5.41) is 3.18. The lowest BCUT2D eigenvalue weighted by molar-refractivity contribution is 0.410. The van der Waals surface area contributed by atoms with Crippen molar-refractivity contribution in [2.24, 2.45) is 0 Å². The van der Waals surface area contributed by atoms with Crippen molar-refractivity contribution in [1.29, 1.82) is 0 Å². The van der Waals surface area contributed by atoms with Gasteiger partial charge in [-0.2, -0.15) is 4.98 Å². The SMILES string of the molecule is COc1ccccc1CNc1ncc2c(=O)n(-c3ccc(F)cc3)c(=O)[nH]c2n1. The van der Waals surface area contributed by atoms with Crippen LogP contribution in [0.1, 0.15) is 5.56 Å². The number of H-pyrrole nitrogens is 1. The molecule has 2 aromatic heterocycles. The van der Waals surface area contributed by atoms with Crippen LogP contribution < -0.4 is 21.3 Å². The number of nitrogens with one attached hydrogen (secondary N) is 2. The van der Waals surface area contributed by atoms with Crippen molar-refractivity contribution in [3.05, 3.63) is 86.9 Å². The first-order valence-corrected chi connectivity index (χ1v) is 8.70. The molecule has 2 aromatic carbocycles. The van der Waals surface area contributed by atoms with Gasteiger partial charge in [0.05, 0.1) is 12.8 Å². The monoisotopic (exact) mass is 393 g/mol. The summed E-state index contributed by atoms with van der Waals surface area (Å²) in [5.74, 6) is 0.502. The zero-order valence-corrected chi connectivity index (χ0v) is 15.3. The van der Waals surface area contributed by atoms with Gasteiger partial charge in [0.15, 0.2) is 5.65 Å². The maximum Gasteiger partial charge on any atom is 0.334 e. The molecule has 0 radical (unpaired) electrons. The molecule has 0 unspecified atom stereocenters. The molecule has 146 valence electrons. The standard InChI is InChI=1S/C20H16FN5O3/c1-29-16-5-3-2-4-12(16)10-22-19-23-11-15-17(24-19)25-20(28)26(18(15)27)14-8-6-13(21)7-9-14/h2-9,11H,10H2,1H3,(H2,22,23,24,25,28). The predicted molar refractivity (Wildman–Crippen MR) is 106 cm³/mol. The molecule has 0 spiro atoms. The second-order valence-electron chi connectivity index (χ2n) is 6.17. The quantitative estimate of drug-likeness (QED) is 0.539. The van der Waals surface area contributed by atoms with E-state index in [2.05, 4.69) is 20.3 Å². The normalized spacial score (nSPS) is 10.8. The Balaban J connectivity index is 1.68. The van der Waals surface area contributed by atoms with Crippen LogP contribution >= 0.6 is 0 Å². The van der Waals surface area contributed by atoms with Crippen LogP contribution in [0, 0.1) is 5.82 Å². The topological polar surface area (TPSA) is 102 Å². The van der Waals surface area contributed by atoms with E-state index in [-0.39, 0.29) is 22.7 Å². The van der Waals surface area contributed by atoms with Crippen molar-refractivity contribution in [1.82, 2.24) is 19.5 Å². The summed E-state index contributed by atoms with van der Waals surface area (Å²) in [4.78, 5) is 36.1. The van der Waals surface area contributed by atoms with Crippen molar-refractivity contribution in [3.63, 3.8) is 0 Å². The molecule has 2 N–H and O–H groups in total. The highest BCUT2D eigenvalue weighted by Crippen LogP contribution is 2.18. The minimum Gasteiger partial charge on any atom is -0.496 e. The number of anilines is 1. The fourth-order valence-corrected chi connectivity index (χ4v) is 2.94. The molecular formula is C20H16FN5O3. The van der Waals surface area contributed by atoms with Gasteiger partial charge in [0.2, 0.25) is 5.95 Å². The number of halogens is 1. The van der Waals surface area contributed by atoms with Gasteiger partial charge in [0.25, 0.3) is 5.56 Å². The zero-order valence-electron chi connectivity index (χ0n) is 15.3. The number of benzene rings is 2. The van der Waals surface area contributed by atoms with Crippen LogP contribution in [0.5, 0.6) is 5.75 Å². The second kappa shape index (κ2) is 7.55. The summed E-state index contributed by atoms with van der Waals surface area (Å²) in [7, 11) is 1.59. The Morgan fingerprint density at radius 2 is 1.90 bits per heavy atom. The minimum atomic E-state index is -0.677. The van der Waals surface area contributed by atoms with Crippen LogP contribution in [0.4, 0.5) is 10.3 Å².